The molecule has 0 N–H and O–H groups in total. The van der Waals surface area contributed by atoms with Gasteiger partial charge in [-0.05, 0) is 55.2 Å². The molecular formula is C26H34N2O2S. The van der Waals surface area contributed by atoms with Crippen molar-refractivity contribution in [1.82, 2.24) is 9.80 Å². The smallest absolute Gasteiger partial charge is 0.242 e. The average Bonchev–Trinajstić information content (AvgIpc) is 3.16. The quantitative estimate of drug-likeness (QED) is 0.542. The molecule has 2 aliphatic rings. The Kier molecular flexibility index (Phi) is 7.44. The van der Waals surface area contributed by atoms with Gasteiger partial charge >= 0.3 is 0 Å². The lowest BCUT2D eigenvalue weighted by Gasteiger charge is -2.39. The predicted octanol–water partition coefficient (Wildman–Crippen LogP) is 5.55. The average molecular weight is 439 g/mol. The predicted molar refractivity (Wildman–Crippen MR) is 126 cm³/mol. The molecule has 0 bridgehead atoms. The Bertz CT molecular complexity index is 869. The van der Waals surface area contributed by atoms with Gasteiger partial charge < -0.3 is 9.80 Å². The van der Waals surface area contributed by atoms with Crippen LogP contribution in [-0.4, -0.2) is 34.2 Å². The van der Waals surface area contributed by atoms with Crippen LogP contribution in [0.5, 0.6) is 0 Å². The van der Waals surface area contributed by atoms with Gasteiger partial charge in [0, 0.05) is 23.4 Å². The molecule has 0 radical (unpaired) electrons. The summed E-state index contributed by atoms with van der Waals surface area (Å²) in [6.07, 6.45) is 8.75. The van der Waals surface area contributed by atoms with E-state index in [0.29, 0.717) is 13.1 Å². The Balaban J connectivity index is 1.52. The summed E-state index contributed by atoms with van der Waals surface area (Å²) in [4.78, 5) is 32.0. The minimum Gasteiger partial charge on any atom is -0.332 e. The molecule has 0 spiro atoms. The Morgan fingerprint density at radius 3 is 2.29 bits per heavy atom. The maximum absolute atomic E-state index is 13.6. The van der Waals surface area contributed by atoms with Gasteiger partial charge in [0.2, 0.25) is 11.8 Å². The Labute approximate surface area is 190 Å². The van der Waals surface area contributed by atoms with Crippen LogP contribution in [0.3, 0.4) is 0 Å². The van der Waals surface area contributed by atoms with Crippen molar-refractivity contribution in [2.75, 3.05) is 6.54 Å². The maximum Gasteiger partial charge on any atom is 0.242 e. The molecule has 2 fully saturated rings. The minimum atomic E-state index is 0.0647. The Morgan fingerprint density at radius 2 is 1.68 bits per heavy atom. The number of carbonyl (C=O) groups excluding carboxylic acids is 2. The molecule has 1 heterocycles. The lowest BCUT2D eigenvalue weighted by molar-refractivity contribution is -0.148. The van der Waals surface area contributed by atoms with Crippen LogP contribution in [-0.2, 0) is 22.7 Å². The summed E-state index contributed by atoms with van der Waals surface area (Å²) in [5.41, 5.74) is 2.35. The van der Waals surface area contributed by atoms with E-state index in [0.717, 1.165) is 50.5 Å². The summed E-state index contributed by atoms with van der Waals surface area (Å²) in [6, 6.07) is 12.5. The maximum atomic E-state index is 13.6. The third-order valence-electron chi connectivity index (χ3n) is 6.93. The third kappa shape index (κ3) is 5.57. The number of hydrogen-bond acceptors (Lipinski definition) is 3. The Hall–Kier alpha value is -2.14. The zero-order valence-corrected chi connectivity index (χ0v) is 19.4. The number of carbonyl (C=O) groups is 2. The van der Waals surface area contributed by atoms with Crippen molar-refractivity contribution in [3.05, 3.63) is 57.8 Å². The molecule has 2 aromatic rings. The summed E-state index contributed by atoms with van der Waals surface area (Å²) in [5, 5.41) is 2.09. The standard InChI is InChI=1S/C26H34N2O2S/c1-20-15-16-31-24(20)18-27(17-21-9-4-2-5-10-21)25(29)19-28(23-13-6-3-7-14-23)26(30)22-11-8-12-22/h2,4-5,9-10,15-16,22-23H,3,6-8,11-14,17-19H2,1H3. The van der Waals surface area contributed by atoms with Gasteiger partial charge in [0.15, 0.2) is 0 Å². The molecule has 2 aliphatic carbocycles. The fraction of sp³-hybridized carbons (Fsp3) is 0.538. The van der Waals surface area contributed by atoms with E-state index in [2.05, 4.69) is 30.5 Å². The van der Waals surface area contributed by atoms with E-state index >= 15 is 0 Å². The van der Waals surface area contributed by atoms with Crippen LogP contribution >= 0.6 is 11.3 Å². The summed E-state index contributed by atoms with van der Waals surface area (Å²) in [7, 11) is 0. The van der Waals surface area contributed by atoms with Gasteiger partial charge in [-0.25, -0.2) is 0 Å². The zero-order chi connectivity index (χ0) is 21.6. The first-order chi connectivity index (χ1) is 15.1. The summed E-state index contributed by atoms with van der Waals surface area (Å²) in [6.45, 7) is 3.50. The monoisotopic (exact) mass is 438 g/mol. The van der Waals surface area contributed by atoms with E-state index < -0.39 is 0 Å². The van der Waals surface area contributed by atoms with Crippen LogP contribution in [0.1, 0.15) is 67.4 Å². The SMILES string of the molecule is Cc1ccsc1CN(Cc1ccccc1)C(=O)CN(C(=O)C1CCC1)C1CCCCC1. The van der Waals surface area contributed by atoms with Crippen molar-refractivity contribution in [2.24, 2.45) is 5.92 Å². The third-order valence-corrected chi connectivity index (χ3v) is 7.94. The second-order valence-electron chi connectivity index (χ2n) is 9.15. The number of hydrogen-bond donors (Lipinski definition) is 0. The molecular weight excluding hydrogens is 404 g/mol. The highest BCUT2D eigenvalue weighted by Crippen LogP contribution is 2.32. The van der Waals surface area contributed by atoms with Crippen LogP contribution in [0.15, 0.2) is 41.8 Å². The van der Waals surface area contributed by atoms with Crippen molar-refractivity contribution in [3.63, 3.8) is 0 Å². The molecule has 5 heteroatoms. The first-order valence-corrected chi connectivity index (χ1v) is 12.6. The molecule has 0 aliphatic heterocycles. The van der Waals surface area contributed by atoms with E-state index in [1.54, 1.807) is 11.3 Å². The first kappa shape index (κ1) is 22.1. The second kappa shape index (κ2) is 10.4. The molecule has 4 nitrogen and oxygen atoms in total. The van der Waals surface area contributed by atoms with E-state index in [1.807, 2.05) is 28.0 Å². The van der Waals surface area contributed by atoms with Crippen molar-refractivity contribution in [1.29, 1.82) is 0 Å². The number of thiophene rings is 1. The summed E-state index contributed by atoms with van der Waals surface area (Å²) in [5.74, 6) is 0.421. The van der Waals surface area contributed by atoms with E-state index in [9.17, 15) is 9.59 Å². The highest BCUT2D eigenvalue weighted by atomic mass is 32.1. The summed E-state index contributed by atoms with van der Waals surface area (Å²) >= 11 is 1.70. The molecule has 166 valence electrons. The molecule has 0 atom stereocenters. The zero-order valence-electron chi connectivity index (χ0n) is 18.6. The van der Waals surface area contributed by atoms with Gasteiger partial charge in [-0.15, -0.1) is 11.3 Å². The first-order valence-electron chi connectivity index (χ1n) is 11.8. The van der Waals surface area contributed by atoms with Gasteiger partial charge in [-0.2, -0.15) is 0 Å². The van der Waals surface area contributed by atoms with Gasteiger partial charge in [-0.1, -0.05) is 56.0 Å². The van der Waals surface area contributed by atoms with Crippen molar-refractivity contribution < 1.29 is 9.59 Å². The largest absolute Gasteiger partial charge is 0.332 e. The molecule has 1 aromatic heterocycles. The lowest BCUT2D eigenvalue weighted by Crippen LogP contribution is -2.50. The number of amides is 2. The molecule has 2 saturated carbocycles. The van der Waals surface area contributed by atoms with Crippen LogP contribution in [0.25, 0.3) is 0 Å². The number of benzene rings is 1. The van der Waals surface area contributed by atoms with E-state index in [1.165, 1.54) is 16.9 Å². The highest BCUT2D eigenvalue weighted by Gasteiger charge is 2.35. The fourth-order valence-corrected chi connectivity index (χ4v) is 5.61. The van der Waals surface area contributed by atoms with Gasteiger partial charge in [0.05, 0.1) is 6.54 Å². The van der Waals surface area contributed by atoms with Crippen molar-refractivity contribution in [3.8, 4) is 0 Å². The molecule has 2 amide bonds. The molecule has 1 aromatic carbocycles. The van der Waals surface area contributed by atoms with E-state index in [-0.39, 0.29) is 30.3 Å². The molecule has 0 saturated heterocycles. The Morgan fingerprint density at radius 1 is 0.935 bits per heavy atom. The van der Waals surface area contributed by atoms with Crippen LogP contribution in [0, 0.1) is 12.8 Å². The molecule has 31 heavy (non-hydrogen) atoms. The van der Waals surface area contributed by atoms with Gasteiger partial charge in [-0.3, -0.25) is 9.59 Å². The molecule has 0 unspecified atom stereocenters. The highest BCUT2D eigenvalue weighted by molar-refractivity contribution is 7.10. The second-order valence-corrected chi connectivity index (χ2v) is 10.1. The van der Waals surface area contributed by atoms with Gasteiger partial charge in [0.1, 0.15) is 6.54 Å². The summed E-state index contributed by atoms with van der Waals surface area (Å²) < 4.78 is 0. The fourth-order valence-electron chi connectivity index (χ4n) is 4.69. The van der Waals surface area contributed by atoms with Crippen LogP contribution < -0.4 is 0 Å². The number of aryl methyl sites for hydroxylation is 1. The normalized spacial score (nSPS) is 17.2. The number of rotatable bonds is 8. The van der Waals surface area contributed by atoms with Gasteiger partial charge in [0.25, 0.3) is 0 Å². The van der Waals surface area contributed by atoms with Crippen molar-refractivity contribution >= 4 is 23.2 Å². The topological polar surface area (TPSA) is 40.6 Å². The van der Waals surface area contributed by atoms with E-state index in [4.69, 9.17) is 0 Å². The molecule has 4 rings (SSSR count). The van der Waals surface area contributed by atoms with Crippen LogP contribution in [0.2, 0.25) is 0 Å². The van der Waals surface area contributed by atoms with Crippen LogP contribution in [0.4, 0.5) is 0 Å². The lowest BCUT2D eigenvalue weighted by atomic mass is 9.83. The van der Waals surface area contributed by atoms with Crippen molar-refractivity contribution in [2.45, 2.75) is 77.4 Å². The number of nitrogens with zero attached hydrogens (tertiary/aromatic N) is 2. The minimum absolute atomic E-state index is 0.0647.